The van der Waals surface area contributed by atoms with Crippen molar-refractivity contribution in [3.8, 4) is 0 Å². The minimum absolute atomic E-state index is 0.599. The molecule has 0 saturated heterocycles. The van der Waals surface area contributed by atoms with E-state index in [2.05, 4.69) is 24.3 Å². The molecule has 2 heteroatoms. The van der Waals surface area contributed by atoms with Crippen LogP contribution in [-0.4, -0.2) is 11.1 Å². The summed E-state index contributed by atoms with van der Waals surface area (Å²) >= 11 is 0. The van der Waals surface area contributed by atoms with Crippen LogP contribution >= 0.6 is 0 Å². The zero-order valence-corrected chi connectivity index (χ0v) is 10.7. The Morgan fingerprint density at radius 1 is 1.06 bits per heavy atom. The van der Waals surface area contributed by atoms with E-state index in [0.717, 1.165) is 37.2 Å². The lowest BCUT2D eigenvalue weighted by Crippen LogP contribution is -2.32. The molecule has 18 heavy (non-hydrogen) atoms. The standard InChI is InChI=1S/C16H20O2/c17-15(18)16(10-1-2-11-16)14-8-6-13(7-9-14)12-4-3-5-12/h6-9,12H,1-5,10-11H2,(H,17,18). The van der Waals surface area contributed by atoms with Crippen LogP contribution in [0.25, 0.3) is 0 Å². The zero-order valence-electron chi connectivity index (χ0n) is 10.7. The molecule has 0 amide bonds. The lowest BCUT2D eigenvalue weighted by molar-refractivity contribution is -0.143. The molecule has 0 bridgehead atoms. The largest absolute Gasteiger partial charge is 0.481 e. The van der Waals surface area contributed by atoms with Crippen LogP contribution < -0.4 is 0 Å². The second-order valence-corrected chi connectivity index (χ2v) is 5.84. The minimum atomic E-state index is -0.642. The molecule has 0 unspecified atom stereocenters. The Labute approximate surface area is 108 Å². The van der Waals surface area contributed by atoms with Gasteiger partial charge in [0.1, 0.15) is 0 Å². The van der Waals surface area contributed by atoms with Gasteiger partial charge in [-0.15, -0.1) is 0 Å². The third kappa shape index (κ3) is 1.75. The molecule has 0 spiro atoms. The van der Waals surface area contributed by atoms with Crippen LogP contribution in [0.4, 0.5) is 0 Å². The Morgan fingerprint density at radius 2 is 1.67 bits per heavy atom. The Hall–Kier alpha value is -1.31. The van der Waals surface area contributed by atoms with Crippen molar-refractivity contribution in [2.24, 2.45) is 0 Å². The fraction of sp³-hybridized carbons (Fsp3) is 0.562. The number of carbonyl (C=O) groups is 1. The number of carboxylic acid groups (broad SMARTS) is 1. The Bertz CT molecular complexity index is 437. The van der Waals surface area contributed by atoms with Gasteiger partial charge in [0.25, 0.3) is 0 Å². The highest BCUT2D eigenvalue weighted by molar-refractivity contribution is 5.81. The summed E-state index contributed by atoms with van der Waals surface area (Å²) in [6.45, 7) is 0. The number of benzene rings is 1. The van der Waals surface area contributed by atoms with Crippen molar-refractivity contribution in [3.05, 3.63) is 35.4 Å². The van der Waals surface area contributed by atoms with E-state index in [0.29, 0.717) is 0 Å². The molecule has 2 saturated carbocycles. The van der Waals surface area contributed by atoms with E-state index in [-0.39, 0.29) is 0 Å². The average molecular weight is 244 g/mol. The van der Waals surface area contributed by atoms with Crippen LogP contribution in [0.1, 0.15) is 62.0 Å². The highest BCUT2D eigenvalue weighted by atomic mass is 16.4. The first-order valence-corrected chi connectivity index (χ1v) is 7.06. The lowest BCUT2D eigenvalue weighted by atomic mass is 9.76. The van der Waals surface area contributed by atoms with Crippen molar-refractivity contribution in [2.75, 3.05) is 0 Å². The molecule has 3 rings (SSSR count). The molecular weight excluding hydrogens is 224 g/mol. The third-order valence-electron chi connectivity index (χ3n) is 4.91. The first kappa shape index (κ1) is 11.8. The van der Waals surface area contributed by atoms with Gasteiger partial charge in [0.15, 0.2) is 0 Å². The molecule has 2 aliphatic carbocycles. The third-order valence-corrected chi connectivity index (χ3v) is 4.91. The first-order valence-electron chi connectivity index (χ1n) is 7.06. The van der Waals surface area contributed by atoms with Gasteiger partial charge in [0.05, 0.1) is 5.41 Å². The molecule has 2 nitrogen and oxygen atoms in total. The zero-order chi connectivity index (χ0) is 12.6. The van der Waals surface area contributed by atoms with Crippen LogP contribution in [0.3, 0.4) is 0 Å². The maximum Gasteiger partial charge on any atom is 0.314 e. The van der Waals surface area contributed by atoms with Crippen LogP contribution in [0.5, 0.6) is 0 Å². The summed E-state index contributed by atoms with van der Waals surface area (Å²) in [5.41, 5.74) is 1.80. The molecule has 2 aliphatic rings. The van der Waals surface area contributed by atoms with E-state index in [1.807, 2.05) is 0 Å². The van der Waals surface area contributed by atoms with Crippen molar-refractivity contribution >= 4 is 5.97 Å². The van der Waals surface area contributed by atoms with Gasteiger partial charge in [-0.1, -0.05) is 43.5 Å². The smallest absolute Gasteiger partial charge is 0.314 e. The quantitative estimate of drug-likeness (QED) is 0.876. The van der Waals surface area contributed by atoms with Gasteiger partial charge in [-0.05, 0) is 42.7 Å². The van der Waals surface area contributed by atoms with Gasteiger partial charge in [-0.3, -0.25) is 4.79 Å². The second kappa shape index (κ2) is 4.42. The maximum absolute atomic E-state index is 11.6. The maximum atomic E-state index is 11.6. The molecule has 0 radical (unpaired) electrons. The molecule has 1 aromatic carbocycles. The second-order valence-electron chi connectivity index (χ2n) is 5.84. The van der Waals surface area contributed by atoms with Gasteiger partial charge >= 0.3 is 5.97 Å². The van der Waals surface area contributed by atoms with Crippen molar-refractivity contribution < 1.29 is 9.90 Å². The van der Waals surface area contributed by atoms with E-state index < -0.39 is 11.4 Å². The van der Waals surface area contributed by atoms with Crippen molar-refractivity contribution in [1.29, 1.82) is 0 Å². The van der Waals surface area contributed by atoms with Gasteiger partial charge in [-0.2, -0.15) is 0 Å². The molecule has 1 N–H and O–H groups in total. The summed E-state index contributed by atoms with van der Waals surface area (Å²) in [5, 5.41) is 9.55. The van der Waals surface area contributed by atoms with Crippen molar-refractivity contribution in [2.45, 2.75) is 56.3 Å². The highest BCUT2D eigenvalue weighted by Gasteiger charge is 2.42. The Kier molecular flexibility index (Phi) is 2.89. The number of hydrogen-bond donors (Lipinski definition) is 1. The van der Waals surface area contributed by atoms with Crippen LogP contribution in [0.15, 0.2) is 24.3 Å². The van der Waals surface area contributed by atoms with Gasteiger partial charge in [0.2, 0.25) is 0 Å². The van der Waals surface area contributed by atoms with Gasteiger partial charge in [-0.25, -0.2) is 0 Å². The fourth-order valence-electron chi connectivity index (χ4n) is 3.42. The Morgan fingerprint density at radius 3 is 2.11 bits per heavy atom. The summed E-state index contributed by atoms with van der Waals surface area (Å²) in [6.07, 6.45) is 7.60. The van der Waals surface area contributed by atoms with E-state index in [4.69, 9.17) is 0 Å². The number of hydrogen-bond acceptors (Lipinski definition) is 1. The number of carboxylic acids is 1. The predicted molar refractivity (Wildman–Crippen MR) is 70.8 cm³/mol. The van der Waals surface area contributed by atoms with E-state index in [1.54, 1.807) is 0 Å². The van der Waals surface area contributed by atoms with Crippen molar-refractivity contribution in [3.63, 3.8) is 0 Å². The molecule has 0 heterocycles. The van der Waals surface area contributed by atoms with E-state index in [1.165, 1.54) is 24.8 Å². The summed E-state index contributed by atoms with van der Waals surface area (Å²) in [5.74, 6) is 0.0831. The molecule has 0 aliphatic heterocycles. The minimum Gasteiger partial charge on any atom is -0.481 e. The molecule has 2 fully saturated rings. The van der Waals surface area contributed by atoms with Gasteiger partial charge in [0, 0.05) is 0 Å². The molecule has 0 atom stereocenters. The van der Waals surface area contributed by atoms with E-state index in [9.17, 15) is 9.90 Å². The van der Waals surface area contributed by atoms with Crippen LogP contribution in [0, 0.1) is 0 Å². The topological polar surface area (TPSA) is 37.3 Å². The first-order chi connectivity index (χ1) is 8.72. The summed E-state index contributed by atoms with van der Waals surface area (Å²) in [6, 6.07) is 8.44. The fourth-order valence-corrected chi connectivity index (χ4v) is 3.42. The van der Waals surface area contributed by atoms with Crippen LogP contribution in [-0.2, 0) is 10.2 Å². The Balaban J connectivity index is 1.88. The van der Waals surface area contributed by atoms with E-state index >= 15 is 0 Å². The van der Waals surface area contributed by atoms with Gasteiger partial charge < -0.3 is 5.11 Å². The summed E-state index contributed by atoms with van der Waals surface area (Å²) < 4.78 is 0. The number of aliphatic carboxylic acids is 1. The normalized spacial score (nSPS) is 22.7. The monoisotopic (exact) mass is 244 g/mol. The average Bonchev–Trinajstić information content (AvgIpc) is 2.78. The van der Waals surface area contributed by atoms with Crippen molar-refractivity contribution in [1.82, 2.24) is 0 Å². The predicted octanol–water partition coefficient (Wildman–Crippen LogP) is 3.85. The molecule has 1 aromatic rings. The lowest BCUT2D eigenvalue weighted by Gasteiger charge is -2.28. The molecular formula is C16H20O2. The SMILES string of the molecule is O=C(O)C1(c2ccc(C3CCC3)cc2)CCCC1. The highest BCUT2D eigenvalue weighted by Crippen LogP contribution is 2.42. The number of rotatable bonds is 3. The summed E-state index contributed by atoms with van der Waals surface area (Å²) in [4.78, 5) is 11.6. The summed E-state index contributed by atoms with van der Waals surface area (Å²) in [7, 11) is 0. The van der Waals surface area contributed by atoms with Crippen LogP contribution in [0.2, 0.25) is 0 Å². The molecule has 0 aromatic heterocycles. The molecule has 96 valence electrons.